The van der Waals surface area contributed by atoms with Crippen LogP contribution in [0.15, 0.2) is 109 Å². The van der Waals surface area contributed by atoms with Gasteiger partial charge in [-0.25, -0.2) is 4.57 Å². The van der Waals surface area contributed by atoms with Crippen LogP contribution in [0.1, 0.15) is 123 Å². The average Bonchev–Trinajstić information content (AvgIpc) is 3.18. The molecule has 11 heteroatoms. The quantitative estimate of drug-likeness (QED) is 0.0156. The molecule has 0 heterocycles. The Hall–Kier alpha value is -3.66. The minimum Gasteiger partial charge on any atom is -0.462 e. The van der Waals surface area contributed by atoms with E-state index in [9.17, 15) is 23.8 Å². The molecule has 56 heavy (non-hydrogen) atoms. The number of ether oxygens (including phenoxy) is 2. The molecule has 0 spiro atoms. The minimum absolute atomic E-state index is 0.00244. The fraction of sp³-hybridized carbons (Fsp3) is 0.533. The Kier molecular flexibility index (Phi) is 37.0. The van der Waals surface area contributed by atoms with E-state index in [4.69, 9.17) is 24.3 Å². The van der Waals surface area contributed by atoms with E-state index in [-0.39, 0.29) is 51.2 Å². The summed E-state index contributed by atoms with van der Waals surface area (Å²) in [5.74, 6) is -1.30. The van der Waals surface area contributed by atoms with Gasteiger partial charge in [0.2, 0.25) is 0 Å². The summed E-state index contributed by atoms with van der Waals surface area (Å²) >= 11 is 0. The zero-order valence-corrected chi connectivity index (χ0v) is 35.0. The molecule has 0 saturated carbocycles. The van der Waals surface area contributed by atoms with Crippen LogP contribution in [0.3, 0.4) is 0 Å². The van der Waals surface area contributed by atoms with Crippen LogP contribution in [0.2, 0.25) is 0 Å². The Balaban J connectivity index is 4.52. The van der Waals surface area contributed by atoms with Crippen molar-refractivity contribution in [3.05, 3.63) is 109 Å². The Morgan fingerprint density at radius 1 is 0.607 bits per heavy atom. The monoisotopic (exact) mass is 799 g/mol. The molecule has 0 saturated heterocycles. The molecule has 0 bridgehead atoms. The molecule has 0 aliphatic heterocycles. The number of allylic oxidation sites excluding steroid dienone is 18. The van der Waals surface area contributed by atoms with Gasteiger partial charge >= 0.3 is 19.8 Å². The largest absolute Gasteiger partial charge is 0.472 e. The highest BCUT2D eigenvalue weighted by Crippen LogP contribution is 2.43. The lowest BCUT2D eigenvalue weighted by Gasteiger charge is -2.19. The van der Waals surface area contributed by atoms with Crippen molar-refractivity contribution in [2.45, 2.75) is 129 Å². The van der Waals surface area contributed by atoms with Crippen molar-refractivity contribution in [1.82, 2.24) is 0 Å². The Bertz CT molecular complexity index is 1340. The maximum atomic E-state index is 12.5. The molecule has 314 valence electrons. The second-order valence-electron chi connectivity index (χ2n) is 12.8. The number of phosphoric acid groups is 1. The van der Waals surface area contributed by atoms with E-state index in [1.165, 1.54) is 25.3 Å². The second-order valence-corrected chi connectivity index (χ2v) is 14.3. The molecule has 0 fully saturated rings. The highest BCUT2D eigenvalue weighted by atomic mass is 31.2. The Labute approximate surface area is 337 Å². The lowest BCUT2D eigenvalue weighted by atomic mass is 10.1. The third kappa shape index (κ3) is 38.6. The molecule has 1 unspecified atom stereocenters. The van der Waals surface area contributed by atoms with E-state index in [0.717, 1.165) is 51.4 Å². The topological polar surface area (TPSA) is 151 Å². The van der Waals surface area contributed by atoms with Gasteiger partial charge in [-0.15, -0.1) is 0 Å². The van der Waals surface area contributed by atoms with Crippen molar-refractivity contribution in [1.29, 1.82) is 0 Å². The number of nitrogens with two attached hydrogens (primary N) is 1. The summed E-state index contributed by atoms with van der Waals surface area (Å²) in [6, 6.07) is 0. The third-order valence-corrected chi connectivity index (χ3v) is 8.60. The summed E-state index contributed by atoms with van der Waals surface area (Å²) in [5, 5.41) is 0. The highest BCUT2D eigenvalue weighted by Gasteiger charge is 2.26. The molecule has 0 aliphatic rings. The smallest absolute Gasteiger partial charge is 0.462 e. The van der Waals surface area contributed by atoms with Gasteiger partial charge in [0.15, 0.2) is 11.9 Å². The second kappa shape index (κ2) is 39.6. The zero-order chi connectivity index (χ0) is 41.2. The van der Waals surface area contributed by atoms with Gasteiger partial charge in [0.25, 0.3) is 0 Å². The Morgan fingerprint density at radius 3 is 1.71 bits per heavy atom. The van der Waals surface area contributed by atoms with Crippen LogP contribution in [0.4, 0.5) is 0 Å². The number of carbonyl (C=O) groups excluding carboxylic acids is 3. The van der Waals surface area contributed by atoms with Crippen molar-refractivity contribution in [3.63, 3.8) is 0 Å². The molecule has 3 N–H and O–H groups in total. The van der Waals surface area contributed by atoms with Crippen molar-refractivity contribution in [2.24, 2.45) is 5.73 Å². The van der Waals surface area contributed by atoms with Crippen LogP contribution in [0.25, 0.3) is 0 Å². The molecule has 0 rings (SSSR count). The van der Waals surface area contributed by atoms with Crippen LogP contribution in [0, 0.1) is 0 Å². The molecular formula is C45H70NO9P. The number of rotatable bonds is 36. The highest BCUT2D eigenvalue weighted by molar-refractivity contribution is 7.47. The number of unbranched alkanes of at least 4 members (excludes halogenated alkanes) is 4. The maximum absolute atomic E-state index is 12.5. The molecule has 10 nitrogen and oxygen atoms in total. The van der Waals surface area contributed by atoms with Gasteiger partial charge in [0.1, 0.15) is 6.61 Å². The average molecular weight is 800 g/mol. The maximum Gasteiger partial charge on any atom is 0.472 e. The summed E-state index contributed by atoms with van der Waals surface area (Å²) in [7, 11) is -4.46. The van der Waals surface area contributed by atoms with Gasteiger partial charge in [-0.1, -0.05) is 130 Å². The summed E-state index contributed by atoms with van der Waals surface area (Å²) < 4.78 is 32.4. The summed E-state index contributed by atoms with van der Waals surface area (Å²) in [5.41, 5.74) is 5.32. The molecule has 0 amide bonds. The molecular weight excluding hydrogens is 729 g/mol. The lowest BCUT2D eigenvalue weighted by Crippen LogP contribution is -2.29. The number of hydrogen-bond donors (Lipinski definition) is 2. The lowest BCUT2D eigenvalue weighted by molar-refractivity contribution is -0.161. The number of ketones is 1. The van der Waals surface area contributed by atoms with Crippen LogP contribution < -0.4 is 5.73 Å². The van der Waals surface area contributed by atoms with Gasteiger partial charge in [-0.3, -0.25) is 23.4 Å². The zero-order valence-electron chi connectivity index (χ0n) is 34.1. The first-order chi connectivity index (χ1) is 27.2. The normalized spacial score (nSPS) is 14.4. The third-order valence-electron chi connectivity index (χ3n) is 7.62. The van der Waals surface area contributed by atoms with E-state index < -0.39 is 32.5 Å². The summed E-state index contributed by atoms with van der Waals surface area (Å²) in [4.78, 5) is 47.0. The van der Waals surface area contributed by atoms with Gasteiger partial charge in [0.05, 0.1) is 13.2 Å². The molecule has 0 aromatic heterocycles. The molecule has 0 aromatic carbocycles. The molecule has 0 aromatic rings. The van der Waals surface area contributed by atoms with Crippen molar-refractivity contribution in [2.75, 3.05) is 26.4 Å². The van der Waals surface area contributed by atoms with E-state index in [0.29, 0.717) is 12.8 Å². The van der Waals surface area contributed by atoms with Gasteiger partial charge < -0.3 is 20.1 Å². The predicted molar refractivity (Wildman–Crippen MR) is 229 cm³/mol. The van der Waals surface area contributed by atoms with Crippen LogP contribution in [0.5, 0.6) is 0 Å². The molecule has 2 atom stereocenters. The summed E-state index contributed by atoms with van der Waals surface area (Å²) in [6.07, 6.45) is 48.5. The van der Waals surface area contributed by atoms with Crippen molar-refractivity contribution >= 4 is 25.5 Å². The fourth-order valence-corrected chi connectivity index (χ4v) is 5.39. The van der Waals surface area contributed by atoms with Gasteiger partial charge in [0, 0.05) is 25.8 Å². The first-order valence-electron chi connectivity index (χ1n) is 20.3. The van der Waals surface area contributed by atoms with Crippen LogP contribution in [-0.4, -0.2) is 55.1 Å². The van der Waals surface area contributed by atoms with E-state index >= 15 is 0 Å². The fourth-order valence-electron chi connectivity index (χ4n) is 4.62. The van der Waals surface area contributed by atoms with E-state index in [1.807, 2.05) is 24.3 Å². The standard InChI is InChI=1S/C45H70NO9P/c1-3-5-7-9-11-13-15-17-18-19-20-22-24-26-28-30-32-36-44(48)52-40-43(41-54-56(50,51)53-39-38-46)55-45(49)37-33-35-42(47)34-31-29-27-25-23-21-16-14-12-10-8-6-4-2/h5,7,11-14,17-18,20-23,26-29,31,34,43H,3-4,6,8-10,15-16,19,24-25,30,32-33,35-41,46H2,1-2H3,(H,50,51)/b7-5-,13-11-,14-12-,18-17-,22-20-,23-21-,28-26-,29-27-,34-31+/t43-/m1/s1. The summed E-state index contributed by atoms with van der Waals surface area (Å²) in [6.45, 7) is 3.20. The first-order valence-corrected chi connectivity index (χ1v) is 21.8. The van der Waals surface area contributed by atoms with Crippen LogP contribution in [-0.2, 0) is 37.5 Å². The van der Waals surface area contributed by atoms with Gasteiger partial charge in [-0.05, 0) is 83.1 Å². The minimum atomic E-state index is -4.46. The van der Waals surface area contributed by atoms with E-state index in [2.05, 4.69) is 86.8 Å². The Morgan fingerprint density at radius 2 is 1.14 bits per heavy atom. The van der Waals surface area contributed by atoms with E-state index in [1.54, 1.807) is 6.08 Å². The molecule has 0 aliphatic carbocycles. The predicted octanol–water partition coefficient (Wildman–Crippen LogP) is 10.8. The van der Waals surface area contributed by atoms with Gasteiger partial charge in [-0.2, -0.15) is 0 Å². The molecule has 0 radical (unpaired) electrons. The van der Waals surface area contributed by atoms with Crippen molar-refractivity contribution in [3.8, 4) is 0 Å². The number of phosphoric ester groups is 1. The SMILES string of the molecule is CC/C=C\C/C=C\C/C=C\C/C=C\C/C=C\CCCC(=O)OC[C@H](COP(=O)(O)OCCN)OC(=O)CCCC(=O)/C=C/C=C\C/C=C\C/C=C\CCCCC. The number of carbonyl (C=O) groups is 3. The van der Waals surface area contributed by atoms with Crippen molar-refractivity contribution < 1.29 is 42.4 Å². The number of hydrogen-bond acceptors (Lipinski definition) is 9. The first kappa shape index (κ1) is 52.3. The van der Waals surface area contributed by atoms with Crippen LogP contribution >= 0.6 is 7.82 Å². The number of esters is 2.